The third kappa shape index (κ3) is 2.86. The molecule has 0 aromatic heterocycles. The number of rotatable bonds is 3. The number of nitrogens with two attached hydrogens (primary N) is 1. The zero-order chi connectivity index (χ0) is 13.2. The minimum absolute atomic E-state index is 0.430. The fraction of sp³-hybridized carbons (Fsp3) is 0.625. The first-order valence-electron chi connectivity index (χ1n) is 7.04. The molecule has 0 aliphatic carbocycles. The van der Waals surface area contributed by atoms with Gasteiger partial charge in [-0.05, 0) is 55.3 Å². The van der Waals surface area contributed by atoms with Crippen LogP contribution in [0.25, 0.3) is 0 Å². The quantitative estimate of drug-likeness (QED) is 0.887. The number of piperidine rings is 1. The number of benzene rings is 1. The lowest BCUT2D eigenvalue weighted by Crippen LogP contribution is -2.45. The highest BCUT2D eigenvalue weighted by Crippen LogP contribution is 2.38. The zero-order valence-corrected chi connectivity index (χ0v) is 11.9. The maximum Gasteiger partial charge on any atom is 0.0368 e. The Kier molecular flexibility index (Phi) is 3.96. The Morgan fingerprint density at radius 1 is 1.39 bits per heavy atom. The molecule has 1 saturated heterocycles. The smallest absolute Gasteiger partial charge is 0.0368 e. The van der Waals surface area contributed by atoms with Crippen LogP contribution in [0.1, 0.15) is 32.3 Å². The van der Waals surface area contributed by atoms with Crippen LogP contribution in [0, 0.1) is 18.3 Å². The van der Waals surface area contributed by atoms with Crippen LogP contribution < -0.4 is 10.6 Å². The van der Waals surface area contributed by atoms with Gasteiger partial charge in [0.2, 0.25) is 0 Å². The van der Waals surface area contributed by atoms with Gasteiger partial charge in [0, 0.05) is 18.8 Å². The molecule has 2 heteroatoms. The van der Waals surface area contributed by atoms with Crippen LogP contribution >= 0.6 is 0 Å². The number of hydrogen-bond donors (Lipinski definition) is 1. The third-order valence-electron chi connectivity index (χ3n) is 4.45. The summed E-state index contributed by atoms with van der Waals surface area (Å²) in [5.74, 6) is 0.705. The van der Waals surface area contributed by atoms with Crippen molar-refractivity contribution in [3.05, 3.63) is 29.8 Å². The summed E-state index contributed by atoms with van der Waals surface area (Å²) < 4.78 is 0. The fourth-order valence-corrected chi connectivity index (χ4v) is 2.97. The molecule has 0 spiro atoms. The van der Waals surface area contributed by atoms with Crippen molar-refractivity contribution in [2.24, 2.45) is 17.1 Å². The van der Waals surface area contributed by atoms with E-state index in [-0.39, 0.29) is 0 Å². The van der Waals surface area contributed by atoms with Gasteiger partial charge in [-0.2, -0.15) is 0 Å². The van der Waals surface area contributed by atoms with Crippen LogP contribution in [0.2, 0.25) is 0 Å². The van der Waals surface area contributed by atoms with Gasteiger partial charge in [0.15, 0.2) is 0 Å². The molecule has 100 valence electrons. The molecule has 1 aliphatic heterocycles. The van der Waals surface area contributed by atoms with Gasteiger partial charge in [-0.25, -0.2) is 0 Å². The molecule has 2 rings (SSSR count). The lowest BCUT2D eigenvalue weighted by molar-refractivity contribution is 0.163. The average molecular weight is 246 g/mol. The molecule has 1 atom stereocenters. The molecule has 0 radical (unpaired) electrons. The molecule has 1 aromatic rings. The molecule has 0 saturated carbocycles. The topological polar surface area (TPSA) is 29.3 Å². The van der Waals surface area contributed by atoms with Crippen molar-refractivity contribution in [1.82, 2.24) is 0 Å². The molecular formula is C16H26N2. The third-order valence-corrected chi connectivity index (χ3v) is 4.45. The molecule has 1 aromatic carbocycles. The lowest BCUT2D eigenvalue weighted by Gasteiger charge is -2.45. The summed E-state index contributed by atoms with van der Waals surface area (Å²) in [7, 11) is 0. The highest BCUT2D eigenvalue weighted by molar-refractivity contribution is 5.49. The van der Waals surface area contributed by atoms with Gasteiger partial charge >= 0.3 is 0 Å². The van der Waals surface area contributed by atoms with Crippen molar-refractivity contribution < 1.29 is 0 Å². The number of hydrogen-bond acceptors (Lipinski definition) is 2. The van der Waals surface area contributed by atoms with E-state index in [1.165, 1.54) is 17.7 Å². The van der Waals surface area contributed by atoms with Crippen molar-refractivity contribution in [2.75, 3.05) is 24.5 Å². The van der Waals surface area contributed by atoms with Crippen molar-refractivity contribution >= 4 is 5.69 Å². The monoisotopic (exact) mass is 246 g/mol. The number of nitrogens with zero attached hydrogens (tertiary/aromatic N) is 1. The molecule has 2 nitrogen and oxygen atoms in total. The molecule has 1 aliphatic rings. The largest absolute Gasteiger partial charge is 0.371 e. The maximum atomic E-state index is 5.77. The van der Waals surface area contributed by atoms with E-state index in [2.05, 4.69) is 49.9 Å². The Morgan fingerprint density at radius 2 is 2.17 bits per heavy atom. The average Bonchev–Trinajstić information content (AvgIpc) is 2.32. The van der Waals surface area contributed by atoms with Gasteiger partial charge in [-0.3, -0.25) is 0 Å². The van der Waals surface area contributed by atoms with Gasteiger partial charge in [-0.1, -0.05) is 26.0 Å². The Hall–Kier alpha value is -1.02. The van der Waals surface area contributed by atoms with Crippen molar-refractivity contribution in [3.8, 4) is 0 Å². The van der Waals surface area contributed by atoms with E-state index in [4.69, 9.17) is 5.73 Å². The van der Waals surface area contributed by atoms with E-state index < -0.39 is 0 Å². The highest BCUT2D eigenvalue weighted by Gasteiger charge is 2.34. The summed E-state index contributed by atoms with van der Waals surface area (Å²) in [6.45, 7) is 10.1. The Labute approximate surface area is 111 Å². The van der Waals surface area contributed by atoms with Crippen molar-refractivity contribution in [1.29, 1.82) is 0 Å². The summed E-state index contributed by atoms with van der Waals surface area (Å²) in [6, 6.07) is 8.83. The summed E-state index contributed by atoms with van der Waals surface area (Å²) in [5, 5.41) is 0. The first-order chi connectivity index (χ1) is 8.53. The fourth-order valence-electron chi connectivity index (χ4n) is 2.97. The van der Waals surface area contributed by atoms with Crippen molar-refractivity contribution in [3.63, 3.8) is 0 Å². The van der Waals surface area contributed by atoms with Crippen LogP contribution in [-0.4, -0.2) is 19.6 Å². The summed E-state index contributed by atoms with van der Waals surface area (Å²) >= 11 is 0. The Morgan fingerprint density at radius 3 is 2.83 bits per heavy atom. The first-order valence-corrected chi connectivity index (χ1v) is 7.04. The lowest BCUT2D eigenvalue weighted by atomic mass is 9.72. The second kappa shape index (κ2) is 5.31. The molecule has 2 N–H and O–H groups in total. The zero-order valence-electron chi connectivity index (χ0n) is 11.9. The minimum Gasteiger partial charge on any atom is -0.371 e. The summed E-state index contributed by atoms with van der Waals surface area (Å²) in [6.07, 6.45) is 2.39. The molecule has 1 heterocycles. The molecular weight excluding hydrogens is 220 g/mol. The predicted octanol–water partition coefficient (Wildman–Crippen LogP) is 3.20. The first kappa shape index (κ1) is 13.4. The van der Waals surface area contributed by atoms with Crippen molar-refractivity contribution in [2.45, 2.75) is 33.6 Å². The summed E-state index contributed by atoms with van der Waals surface area (Å²) in [5.41, 5.74) is 8.91. The van der Waals surface area contributed by atoms with Gasteiger partial charge in [0.25, 0.3) is 0 Å². The van der Waals surface area contributed by atoms with Gasteiger partial charge in [0.05, 0.1) is 0 Å². The van der Waals surface area contributed by atoms with Crippen LogP contribution in [0.4, 0.5) is 5.69 Å². The molecule has 0 amide bonds. The Balaban J connectivity index is 2.13. The van der Waals surface area contributed by atoms with Gasteiger partial charge in [-0.15, -0.1) is 0 Å². The van der Waals surface area contributed by atoms with E-state index in [0.29, 0.717) is 11.3 Å². The molecule has 0 bridgehead atoms. The SMILES string of the molecule is Cc1cccc(N2CCC(C)(C)C(CCN)C2)c1. The molecule has 1 unspecified atom stereocenters. The van der Waals surface area contributed by atoms with Crippen LogP contribution in [0.5, 0.6) is 0 Å². The standard InChI is InChI=1S/C16H26N2/c1-13-5-4-6-15(11-13)18-10-8-16(2,3)14(12-18)7-9-17/h4-6,11,14H,7-10,12,17H2,1-3H3. The second-order valence-corrected chi connectivity index (χ2v) is 6.30. The van der Waals surface area contributed by atoms with Gasteiger partial charge in [0.1, 0.15) is 0 Å². The summed E-state index contributed by atoms with van der Waals surface area (Å²) in [4.78, 5) is 2.53. The normalized spacial score (nSPS) is 23.1. The van der Waals surface area contributed by atoms with E-state index in [1.54, 1.807) is 0 Å². The van der Waals surface area contributed by atoms with E-state index in [0.717, 1.165) is 26.1 Å². The number of aryl methyl sites for hydroxylation is 1. The highest BCUT2D eigenvalue weighted by atomic mass is 15.1. The Bertz CT molecular complexity index is 398. The van der Waals surface area contributed by atoms with Crippen LogP contribution in [-0.2, 0) is 0 Å². The number of anilines is 1. The van der Waals surface area contributed by atoms with Crippen LogP contribution in [0.15, 0.2) is 24.3 Å². The van der Waals surface area contributed by atoms with E-state index in [1.807, 2.05) is 0 Å². The van der Waals surface area contributed by atoms with E-state index >= 15 is 0 Å². The predicted molar refractivity (Wildman–Crippen MR) is 79.0 cm³/mol. The molecule has 1 fully saturated rings. The van der Waals surface area contributed by atoms with E-state index in [9.17, 15) is 0 Å². The maximum absolute atomic E-state index is 5.77. The minimum atomic E-state index is 0.430. The second-order valence-electron chi connectivity index (χ2n) is 6.30. The molecule has 18 heavy (non-hydrogen) atoms. The van der Waals surface area contributed by atoms with Gasteiger partial charge < -0.3 is 10.6 Å². The van der Waals surface area contributed by atoms with Crippen LogP contribution in [0.3, 0.4) is 0 Å².